The van der Waals surface area contributed by atoms with Crippen molar-refractivity contribution in [1.29, 1.82) is 0 Å². The van der Waals surface area contributed by atoms with Crippen LogP contribution in [0.25, 0.3) is 32.3 Å². The van der Waals surface area contributed by atoms with Crippen LogP contribution in [0.2, 0.25) is 0 Å². The first kappa shape index (κ1) is 42.2. The summed E-state index contributed by atoms with van der Waals surface area (Å²) in [6.07, 6.45) is 0. The molecule has 332 valence electrons. The molecule has 0 unspecified atom stereocenters. The van der Waals surface area contributed by atoms with Crippen LogP contribution in [0.3, 0.4) is 0 Å². The molecule has 3 heteroatoms. The Morgan fingerprint density at radius 3 is 0.657 bits per heavy atom. The molecule has 70 heavy (non-hydrogen) atoms. The third-order valence-electron chi connectivity index (χ3n) is 13.5. The zero-order valence-electron chi connectivity index (χ0n) is 38.6. The lowest BCUT2D eigenvalue weighted by Crippen LogP contribution is -2.12. The molecule has 0 spiro atoms. The van der Waals surface area contributed by atoms with Gasteiger partial charge in [0.1, 0.15) is 0 Å². The van der Waals surface area contributed by atoms with Crippen LogP contribution in [0.5, 0.6) is 0 Å². The fourth-order valence-corrected chi connectivity index (χ4v) is 10.0. The smallest absolute Gasteiger partial charge is 0.0468 e. The van der Waals surface area contributed by atoms with Crippen LogP contribution in [0.1, 0.15) is 22.6 Å². The minimum Gasteiger partial charge on any atom is -0.310 e. The molecule has 0 radical (unpaired) electrons. The van der Waals surface area contributed by atoms with Crippen molar-refractivity contribution in [1.82, 2.24) is 0 Å². The number of fused-ring (bicyclic) bond motifs is 3. The number of rotatable bonds is 12. The predicted octanol–water partition coefficient (Wildman–Crippen LogP) is 18.7. The Hall–Kier alpha value is -9.18. The lowest BCUT2D eigenvalue weighted by molar-refractivity contribution is 0.976. The minimum absolute atomic E-state index is 0.0558. The lowest BCUT2D eigenvalue weighted by Gasteiger charge is -2.28. The van der Waals surface area contributed by atoms with Crippen LogP contribution in [-0.2, 0) is 0 Å². The third kappa shape index (κ3) is 8.42. The fraction of sp³-hybridized carbons (Fsp3) is 0.0149. The Bertz CT molecular complexity index is 3310. The molecule has 0 heterocycles. The molecule has 3 nitrogen and oxygen atoms in total. The number of anilines is 9. The van der Waals surface area contributed by atoms with Crippen molar-refractivity contribution in [3.05, 3.63) is 308 Å². The summed E-state index contributed by atoms with van der Waals surface area (Å²) in [4.78, 5) is 7.06. The molecular formula is C67H49N3. The number of hydrogen-bond donors (Lipinski definition) is 0. The van der Waals surface area contributed by atoms with Gasteiger partial charge in [0.2, 0.25) is 0 Å². The molecule has 0 atom stereocenters. The van der Waals surface area contributed by atoms with Gasteiger partial charge in [0.05, 0.1) is 0 Å². The summed E-state index contributed by atoms with van der Waals surface area (Å²) >= 11 is 0. The van der Waals surface area contributed by atoms with E-state index >= 15 is 0 Å². The first-order chi connectivity index (χ1) is 34.7. The van der Waals surface area contributed by atoms with Crippen molar-refractivity contribution in [2.75, 3.05) is 14.7 Å². The Morgan fingerprint density at radius 1 is 0.171 bits per heavy atom. The quantitative estimate of drug-likeness (QED) is 0.113. The molecule has 0 saturated carbocycles. The topological polar surface area (TPSA) is 9.72 Å². The van der Waals surface area contributed by atoms with E-state index in [-0.39, 0.29) is 5.92 Å². The molecule has 0 aromatic heterocycles. The molecule has 0 bridgehead atoms. The molecule has 0 fully saturated rings. The fourth-order valence-electron chi connectivity index (χ4n) is 10.0. The van der Waals surface area contributed by atoms with Gasteiger partial charge in [-0.1, -0.05) is 182 Å². The van der Waals surface area contributed by atoms with Crippen LogP contribution in [0.4, 0.5) is 51.2 Å². The monoisotopic (exact) mass is 895 g/mol. The van der Waals surface area contributed by atoms with E-state index < -0.39 is 0 Å². The van der Waals surface area contributed by atoms with Gasteiger partial charge >= 0.3 is 0 Å². The Kier molecular flexibility index (Phi) is 11.4. The Balaban J connectivity index is 0.961. The summed E-state index contributed by atoms with van der Waals surface area (Å²) in [6, 6.07) is 105. The first-order valence-electron chi connectivity index (χ1n) is 24.0. The van der Waals surface area contributed by atoms with Gasteiger partial charge in [-0.15, -0.1) is 0 Å². The summed E-state index contributed by atoms with van der Waals surface area (Å²) in [7, 11) is 0. The highest BCUT2D eigenvalue weighted by Gasteiger charge is 2.22. The summed E-state index contributed by atoms with van der Waals surface area (Å²) < 4.78 is 0. The molecule has 0 N–H and O–H groups in total. The highest BCUT2D eigenvalue weighted by Crippen LogP contribution is 2.43. The van der Waals surface area contributed by atoms with Crippen molar-refractivity contribution in [3.8, 4) is 0 Å². The van der Waals surface area contributed by atoms with Crippen LogP contribution in [0.15, 0.2) is 291 Å². The molecule has 0 aliphatic rings. The molecule has 12 aromatic carbocycles. The highest BCUT2D eigenvalue weighted by atomic mass is 15.2. The van der Waals surface area contributed by atoms with Gasteiger partial charge < -0.3 is 14.7 Å². The van der Waals surface area contributed by atoms with Crippen molar-refractivity contribution in [2.24, 2.45) is 0 Å². The second-order valence-electron chi connectivity index (χ2n) is 17.8. The highest BCUT2D eigenvalue weighted by molar-refractivity contribution is 5.92. The van der Waals surface area contributed by atoms with Gasteiger partial charge in [-0.3, -0.25) is 0 Å². The van der Waals surface area contributed by atoms with Crippen molar-refractivity contribution < 1.29 is 0 Å². The normalized spacial score (nSPS) is 11.3. The van der Waals surface area contributed by atoms with E-state index in [9.17, 15) is 0 Å². The maximum absolute atomic E-state index is 2.35. The zero-order valence-corrected chi connectivity index (χ0v) is 38.6. The molecule has 12 aromatic rings. The van der Waals surface area contributed by atoms with Gasteiger partial charge in [-0.2, -0.15) is 0 Å². The van der Waals surface area contributed by atoms with Crippen molar-refractivity contribution >= 4 is 83.5 Å². The summed E-state index contributed by atoms with van der Waals surface area (Å²) in [5.74, 6) is -0.0558. The number of benzene rings is 12. The van der Waals surface area contributed by atoms with E-state index in [2.05, 4.69) is 306 Å². The van der Waals surface area contributed by atoms with Gasteiger partial charge in [0.15, 0.2) is 0 Å². The zero-order chi connectivity index (χ0) is 46.6. The largest absolute Gasteiger partial charge is 0.310 e. The second-order valence-corrected chi connectivity index (χ2v) is 17.8. The predicted molar refractivity (Wildman–Crippen MR) is 297 cm³/mol. The van der Waals surface area contributed by atoms with E-state index in [1.54, 1.807) is 0 Å². The molecule has 12 rings (SSSR count). The van der Waals surface area contributed by atoms with Crippen LogP contribution in [0, 0.1) is 0 Å². The average molecular weight is 896 g/mol. The second kappa shape index (κ2) is 18.8. The van der Waals surface area contributed by atoms with E-state index in [0.29, 0.717) is 0 Å². The molecule has 0 aliphatic carbocycles. The average Bonchev–Trinajstić information content (AvgIpc) is 3.43. The standard InChI is InChI=1S/C67H49N3/c1-4-22-58(23-5-1)68(64-43-28-49-16-10-13-19-55(49)46-64)61-37-31-52(32-38-61)67(53-33-39-62(40-34-53)69(59-24-6-2-7-25-59)65-44-29-50-17-11-14-20-56(50)47-65)54-35-41-63(42-36-54)70(60-26-8-3-9-27-60)66-45-30-51-18-12-15-21-57(51)48-66/h1-48,67H. The van der Waals surface area contributed by atoms with Gasteiger partial charge in [-0.05, 0) is 158 Å². The van der Waals surface area contributed by atoms with Crippen LogP contribution < -0.4 is 14.7 Å². The van der Waals surface area contributed by atoms with Crippen LogP contribution >= 0.6 is 0 Å². The maximum atomic E-state index is 2.35. The molecule has 0 aliphatic heterocycles. The summed E-state index contributed by atoms with van der Waals surface area (Å²) in [5, 5.41) is 7.31. The first-order valence-corrected chi connectivity index (χ1v) is 24.0. The number of para-hydroxylation sites is 3. The van der Waals surface area contributed by atoms with E-state index in [0.717, 1.165) is 51.2 Å². The van der Waals surface area contributed by atoms with Gasteiger partial charge in [0, 0.05) is 57.1 Å². The maximum Gasteiger partial charge on any atom is 0.0468 e. The van der Waals surface area contributed by atoms with E-state index in [1.807, 2.05) is 0 Å². The van der Waals surface area contributed by atoms with Gasteiger partial charge in [-0.25, -0.2) is 0 Å². The lowest BCUT2D eigenvalue weighted by atomic mass is 9.84. The Morgan fingerprint density at radius 2 is 0.386 bits per heavy atom. The van der Waals surface area contributed by atoms with Crippen molar-refractivity contribution in [2.45, 2.75) is 5.92 Å². The summed E-state index contributed by atoms with van der Waals surface area (Å²) in [6.45, 7) is 0. The van der Waals surface area contributed by atoms with Gasteiger partial charge in [0.25, 0.3) is 0 Å². The third-order valence-corrected chi connectivity index (χ3v) is 13.5. The summed E-state index contributed by atoms with van der Waals surface area (Å²) in [5.41, 5.74) is 13.6. The molecule has 0 amide bonds. The minimum atomic E-state index is -0.0558. The van der Waals surface area contributed by atoms with E-state index in [1.165, 1.54) is 49.0 Å². The molecule has 0 saturated heterocycles. The van der Waals surface area contributed by atoms with Crippen LogP contribution in [-0.4, -0.2) is 0 Å². The SMILES string of the molecule is c1ccc(N(c2ccc(C(c3ccc(N(c4ccccc4)c4ccc5ccccc5c4)cc3)c3ccc(N(c4ccccc4)c4ccc5ccccc5c4)cc3)cc2)c2ccc3ccccc3c2)cc1. The van der Waals surface area contributed by atoms with Crippen molar-refractivity contribution in [3.63, 3.8) is 0 Å². The Labute approximate surface area is 410 Å². The number of hydrogen-bond acceptors (Lipinski definition) is 3. The number of nitrogens with zero attached hydrogens (tertiary/aromatic N) is 3. The molecular weight excluding hydrogens is 847 g/mol. The van der Waals surface area contributed by atoms with E-state index in [4.69, 9.17) is 0 Å².